The van der Waals surface area contributed by atoms with Gasteiger partial charge in [-0.05, 0) is 30.0 Å². The Balaban J connectivity index is 1.49. The van der Waals surface area contributed by atoms with Crippen molar-refractivity contribution in [1.82, 2.24) is 19.9 Å². The first-order valence-corrected chi connectivity index (χ1v) is 10.6. The van der Waals surface area contributed by atoms with Crippen molar-refractivity contribution in [3.8, 4) is 0 Å². The van der Waals surface area contributed by atoms with Crippen LogP contribution in [0.1, 0.15) is 29.0 Å². The number of rotatable bonds is 4. The van der Waals surface area contributed by atoms with Crippen LogP contribution < -0.4 is 15.8 Å². The molecule has 1 amide bonds. The van der Waals surface area contributed by atoms with E-state index < -0.39 is 6.04 Å². The van der Waals surface area contributed by atoms with E-state index in [4.69, 9.17) is 0 Å². The normalized spacial score (nSPS) is 22.8. The number of carbonyl (C=O) groups excluding carboxylic acids is 1. The molecule has 3 aromatic heterocycles. The number of carbonyl (C=O) groups is 1. The minimum absolute atomic E-state index is 0.0218. The number of amides is 1. The molecule has 29 heavy (non-hydrogen) atoms. The van der Waals surface area contributed by atoms with Crippen LogP contribution in [0, 0.1) is 5.92 Å². The van der Waals surface area contributed by atoms with Gasteiger partial charge >= 0.3 is 0 Å². The molecule has 0 aliphatic carbocycles. The number of pyridine rings is 1. The van der Waals surface area contributed by atoms with E-state index in [1.807, 2.05) is 23.6 Å². The van der Waals surface area contributed by atoms with Crippen molar-refractivity contribution in [2.45, 2.75) is 24.9 Å². The highest BCUT2D eigenvalue weighted by molar-refractivity contribution is 7.09. The van der Waals surface area contributed by atoms with E-state index in [1.54, 1.807) is 46.5 Å². The van der Waals surface area contributed by atoms with Crippen molar-refractivity contribution < 1.29 is 4.79 Å². The maximum Gasteiger partial charge on any atom is 0.251 e. The molecule has 8 heteroatoms. The van der Waals surface area contributed by atoms with E-state index in [9.17, 15) is 9.59 Å². The van der Waals surface area contributed by atoms with Crippen LogP contribution in [0.4, 0.5) is 5.95 Å². The third-order valence-electron chi connectivity index (χ3n) is 5.77. The lowest BCUT2D eigenvalue weighted by atomic mass is 9.78. The molecule has 3 atom stereocenters. The van der Waals surface area contributed by atoms with Crippen LogP contribution >= 0.6 is 11.3 Å². The van der Waals surface area contributed by atoms with E-state index in [0.717, 1.165) is 23.5 Å². The number of nitrogens with one attached hydrogen (secondary N) is 1. The summed E-state index contributed by atoms with van der Waals surface area (Å²) >= 11 is 1.61. The predicted octanol–water partition coefficient (Wildman–Crippen LogP) is 2.18. The zero-order valence-electron chi connectivity index (χ0n) is 15.8. The number of hydrogen-bond donors (Lipinski definition) is 1. The molecule has 2 aliphatic heterocycles. The first-order chi connectivity index (χ1) is 14.2. The fourth-order valence-corrected chi connectivity index (χ4v) is 5.23. The zero-order valence-corrected chi connectivity index (χ0v) is 16.6. The molecule has 2 aliphatic rings. The van der Waals surface area contributed by atoms with Crippen LogP contribution in [0.2, 0.25) is 0 Å². The van der Waals surface area contributed by atoms with E-state index in [0.29, 0.717) is 19.0 Å². The topological polar surface area (TPSA) is 80.1 Å². The van der Waals surface area contributed by atoms with Gasteiger partial charge in [0.2, 0.25) is 11.9 Å². The van der Waals surface area contributed by atoms with Crippen LogP contribution in [0.15, 0.2) is 59.0 Å². The van der Waals surface area contributed by atoms with Gasteiger partial charge in [-0.25, -0.2) is 9.97 Å². The van der Waals surface area contributed by atoms with Gasteiger partial charge in [-0.1, -0.05) is 12.1 Å². The summed E-state index contributed by atoms with van der Waals surface area (Å²) in [6.07, 6.45) is 4.34. The maximum atomic E-state index is 13.2. The molecule has 0 unspecified atom stereocenters. The molecule has 1 saturated heterocycles. The third kappa shape index (κ3) is 3.33. The Bertz CT molecular complexity index is 1070. The number of hydrogen-bond acceptors (Lipinski definition) is 6. The number of nitrogens with zero attached hydrogens (tertiary/aromatic N) is 4. The Morgan fingerprint density at radius 2 is 2.00 bits per heavy atom. The second-order valence-electron chi connectivity index (χ2n) is 7.55. The molecule has 7 nitrogen and oxygen atoms in total. The smallest absolute Gasteiger partial charge is 0.251 e. The molecular weight excluding hydrogens is 386 g/mol. The van der Waals surface area contributed by atoms with Crippen LogP contribution in [-0.2, 0) is 11.3 Å². The summed E-state index contributed by atoms with van der Waals surface area (Å²) < 4.78 is 1.71. The number of thiophene rings is 1. The summed E-state index contributed by atoms with van der Waals surface area (Å²) in [5.74, 6) is 0.764. The van der Waals surface area contributed by atoms with Gasteiger partial charge in [0, 0.05) is 54.0 Å². The molecule has 0 aromatic carbocycles. The molecule has 2 bridgehead atoms. The average Bonchev–Trinajstić information content (AvgIpc) is 3.27. The SMILES string of the molecule is O=C(NCc1cccs1)[C@H]1[C@@H]2C[C@@H](CN(c3ncccn3)C2)c2cccc(=O)n21. The van der Waals surface area contributed by atoms with Gasteiger partial charge in [0.1, 0.15) is 6.04 Å². The van der Waals surface area contributed by atoms with Crippen LogP contribution in [0.5, 0.6) is 0 Å². The largest absolute Gasteiger partial charge is 0.349 e. The second-order valence-corrected chi connectivity index (χ2v) is 8.58. The molecule has 0 radical (unpaired) electrons. The van der Waals surface area contributed by atoms with Gasteiger partial charge in [0.15, 0.2) is 0 Å². The summed E-state index contributed by atoms with van der Waals surface area (Å²) in [6.45, 7) is 1.87. The molecule has 1 fully saturated rings. The fraction of sp³-hybridized carbons (Fsp3) is 0.333. The van der Waals surface area contributed by atoms with Gasteiger partial charge in [-0.15, -0.1) is 11.3 Å². The van der Waals surface area contributed by atoms with Gasteiger partial charge in [0.05, 0.1) is 6.54 Å². The lowest BCUT2D eigenvalue weighted by molar-refractivity contribution is -0.127. The average molecular weight is 407 g/mol. The first-order valence-electron chi connectivity index (χ1n) is 9.74. The molecule has 1 N–H and O–H groups in total. The lowest BCUT2D eigenvalue weighted by Gasteiger charge is -2.46. The van der Waals surface area contributed by atoms with Crippen molar-refractivity contribution in [1.29, 1.82) is 0 Å². The molecule has 5 rings (SSSR count). The number of aromatic nitrogens is 3. The van der Waals surface area contributed by atoms with Crippen molar-refractivity contribution >= 4 is 23.2 Å². The monoisotopic (exact) mass is 407 g/mol. The first kappa shape index (κ1) is 18.1. The fourth-order valence-electron chi connectivity index (χ4n) is 4.58. The zero-order chi connectivity index (χ0) is 19.8. The standard InChI is InChI=1S/C21H21N5O2S/c27-18-6-1-5-17-14-10-15(13-25(12-14)21-22-7-3-8-23-21)19(26(17)18)20(28)24-11-16-4-2-9-29-16/h1-9,14-15,19H,10-13H2,(H,24,28)/t14-,15+,19+/m0/s1. The van der Waals surface area contributed by atoms with Crippen molar-refractivity contribution in [2.24, 2.45) is 5.92 Å². The van der Waals surface area contributed by atoms with Crippen LogP contribution in [-0.4, -0.2) is 33.5 Å². The van der Waals surface area contributed by atoms with Crippen molar-refractivity contribution in [3.63, 3.8) is 0 Å². The van der Waals surface area contributed by atoms with Crippen LogP contribution in [0.3, 0.4) is 0 Å². The highest BCUT2D eigenvalue weighted by atomic mass is 32.1. The third-order valence-corrected chi connectivity index (χ3v) is 6.64. The number of fused-ring (bicyclic) bond motifs is 4. The summed E-state index contributed by atoms with van der Waals surface area (Å²) in [5, 5.41) is 5.03. The lowest BCUT2D eigenvalue weighted by Crippen LogP contribution is -2.53. The number of anilines is 1. The molecule has 3 aromatic rings. The Kier molecular flexibility index (Phi) is 4.63. The Hall–Kier alpha value is -3.00. The predicted molar refractivity (Wildman–Crippen MR) is 111 cm³/mol. The molecule has 5 heterocycles. The van der Waals surface area contributed by atoms with Crippen molar-refractivity contribution in [3.05, 3.63) is 75.1 Å². The van der Waals surface area contributed by atoms with E-state index in [-0.39, 0.29) is 23.3 Å². The van der Waals surface area contributed by atoms with Crippen molar-refractivity contribution in [2.75, 3.05) is 18.0 Å². The minimum Gasteiger partial charge on any atom is -0.349 e. The van der Waals surface area contributed by atoms with Gasteiger partial charge < -0.3 is 10.2 Å². The minimum atomic E-state index is -0.526. The quantitative estimate of drug-likeness (QED) is 0.717. The molecule has 0 spiro atoms. The van der Waals surface area contributed by atoms with Gasteiger partial charge in [-0.3, -0.25) is 14.2 Å². The second kappa shape index (κ2) is 7.44. The highest BCUT2D eigenvalue weighted by Gasteiger charge is 2.44. The molecule has 148 valence electrons. The van der Waals surface area contributed by atoms with Gasteiger partial charge in [0.25, 0.3) is 5.56 Å². The summed E-state index contributed by atoms with van der Waals surface area (Å²) in [6, 6.07) is 10.5. The summed E-state index contributed by atoms with van der Waals surface area (Å²) in [7, 11) is 0. The summed E-state index contributed by atoms with van der Waals surface area (Å²) in [4.78, 5) is 38.0. The Morgan fingerprint density at radius 1 is 1.14 bits per heavy atom. The van der Waals surface area contributed by atoms with Crippen LogP contribution in [0.25, 0.3) is 0 Å². The van der Waals surface area contributed by atoms with Gasteiger partial charge in [-0.2, -0.15) is 0 Å². The van der Waals surface area contributed by atoms with E-state index in [2.05, 4.69) is 20.2 Å². The summed E-state index contributed by atoms with van der Waals surface area (Å²) in [5.41, 5.74) is 0.809. The Labute approximate surface area is 172 Å². The maximum absolute atomic E-state index is 13.2. The number of piperidine rings is 1. The Morgan fingerprint density at radius 3 is 2.79 bits per heavy atom. The molecular formula is C21H21N5O2S. The van der Waals surface area contributed by atoms with E-state index in [1.165, 1.54) is 0 Å². The van der Waals surface area contributed by atoms with E-state index >= 15 is 0 Å². The highest BCUT2D eigenvalue weighted by Crippen LogP contribution is 2.41. The molecule has 0 saturated carbocycles.